The van der Waals surface area contributed by atoms with Gasteiger partial charge in [-0.05, 0) is 11.6 Å². The molecular formula is C18H16ClNO4. The number of hydrogen-bond donors (Lipinski definition) is 0. The molecule has 0 unspecified atom stereocenters. The first kappa shape index (κ1) is 17.7. The molecule has 124 valence electrons. The number of methoxy groups -OCH3 is 1. The third kappa shape index (κ3) is 5.21. The Hall–Kier alpha value is -2.66. The van der Waals surface area contributed by atoms with Crippen LogP contribution in [0.2, 0.25) is 5.02 Å². The van der Waals surface area contributed by atoms with Crippen LogP contribution in [-0.2, 0) is 20.9 Å². The minimum absolute atomic E-state index is 0.0944. The standard InChI is InChI=1S/C18H16ClNO4/c1-23-17(21)11-16(14-9-5-6-10-15(14)19)20-18(22)24-12-13-7-3-2-4-8-13/h2-10H,11-12H2,1H3. The van der Waals surface area contributed by atoms with Gasteiger partial charge in [-0.3, -0.25) is 4.79 Å². The van der Waals surface area contributed by atoms with E-state index in [4.69, 9.17) is 16.3 Å². The molecule has 0 bridgehead atoms. The molecule has 0 aliphatic rings. The van der Waals surface area contributed by atoms with Gasteiger partial charge in [0.1, 0.15) is 6.61 Å². The molecule has 2 aromatic rings. The number of carbonyl (C=O) groups is 2. The molecule has 6 heteroatoms. The van der Waals surface area contributed by atoms with Gasteiger partial charge in [0.2, 0.25) is 0 Å². The smallest absolute Gasteiger partial charge is 0.434 e. The van der Waals surface area contributed by atoms with Gasteiger partial charge in [0.25, 0.3) is 0 Å². The number of halogens is 1. The molecule has 5 nitrogen and oxygen atoms in total. The van der Waals surface area contributed by atoms with Crippen LogP contribution in [0.4, 0.5) is 4.79 Å². The van der Waals surface area contributed by atoms with Crippen molar-refractivity contribution in [1.29, 1.82) is 0 Å². The number of aliphatic imine (C=N–C) groups is 1. The van der Waals surface area contributed by atoms with E-state index in [9.17, 15) is 9.59 Å². The molecule has 0 aromatic heterocycles. The molecule has 0 radical (unpaired) electrons. The van der Waals surface area contributed by atoms with Crippen LogP contribution in [0.1, 0.15) is 17.5 Å². The lowest BCUT2D eigenvalue weighted by Crippen LogP contribution is -2.14. The zero-order valence-corrected chi connectivity index (χ0v) is 13.8. The summed E-state index contributed by atoms with van der Waals surface area (Å²) in [5.41, 5.74) is 1.53. The lowest BCUT2D eigenvalue weighted by Gasteiger charge is -2.08. The van der Waals surface area contributed by atoms with E-state index >= 15 is 0 Å². The van der Waals surface area contributed by atoms with E-state index in [-0.39, 0.29) is 18.7 Å². The third-order valence-electron chi connectivity index (χ3n) is 3.16. The quantitative estimate of drug-likeness (QED) is 0.606. The minimum atomic E-state index is -0.794. The largest absolute Gasteiger partial charge is 0.469 e. The average molecular weight is 346 g/mol. The molecule has 2 aromatic carbocycles. The van der Waals surface area contributed by atoms with E-state index in [2.05, 4.69) is 9.73 Å². The van der Waals surface area contributed by atoms with Crippen LogP contribution in [-0.4, -0.2) is 24.9 Å². The second-order valence-electron chi connectivity index (χ2n) is 4.83. The number of hydrogen-bond acceptors (Lipinski definition) is 4. The molecule has 24 heavy (non-hydrogen) atoms. The Labute approximate surface area is 144 Å². The first-order valence-electron chi connectivity index (χ1n) is 7.20. The fourth-order valence-corrected chi connectivity index (χ4v) is 2.21. The van der Waals surface area contributed by atoms with Crippen molar-refractivity contribution in [2.45, 2.75) is 13.0 Å². The van der Waals surface area contributed by atoms with Crippen molar-refractivity contribution >= 4 is 29.4 Å². The predicted octanol–water partition coefficient (Wildman–Crippen LogP) is 4.03. The molecule has 0 heterocycles. The summed E-state index contributed by atoms with van der Waals surface area (Å²) < 4.78 is 9.75. The monoisotopic (exact) mass is 345 g/mol. The highest BCUT2D eigenvalue weighted by Crippen LogP contribution is 2.18. The molecule has 0 saturated carbocycles. The predicted molar refractivity (Wildman–Crippen MR) is 91.2 cm³/mol. The van der Waals surface area contributed by atoms with Gasteiger partial charge >= 0.3 is 12.1 Å². The van der Waals surface area contributed by atoms with Crippen LogP contribution < -0.4 is 0 Å². The maximum absolute atomic E-state index is 12.0. The second kappa shape index (κ2) is 8.84. The van der Waals surface area contributed by atoms with Crippen LogP contribution in [0.25, 0.3) is 0 Å². The van der Waals surface area contributed by atoms with Gasteiger partial charge in [-0.2, -0.15) is 4.99 Å². The topological polar surface area (TPSA) is 65.0 Å². The van der Waals surface area contributed by atoms with Crippen LogP contribution in [0, 0.1) is 0 Å². The van der Waals surface area contributed by atoms with Gasteiger partial charge in [0.15, 0.2) is 0 Å². The lowest BCUT2D eigenvalue weighted by atomic mass is 10.1. The first-order valence-corrected chi connectivity index (χ1v) is 7.58. The highest BCUT2D eigenvalue weighted by molar-refractivity contribution is 6.35. The molecule has 0 N–H and O–H groups in total. The van der Waals surface area contributed by atoms with Crippen molar-refractivity contribution < 1.29 is 19.1 Å². The van der Waals surface area contributed by atoms with Gasteiger partial charge in [-0.15, -0.1) is 0 Å². The lowest BCUT2D eigenvalue weighted by molar-refractivity contribution is -0.139. The molecule has 0 aliphatic carbocycles. The van der Waals surface area contributed by atoms with Crippen molar-refractivity contribution in [1.82, 2.24) is 0 Å². The average Bonchev–Trinajstić information content (AvgIpc) is 2.60. The van der Waals surface area contributed by atoms with Gasteiger partial charge in [0, 0.05) is 10.6 Å². The highest BCUT2D eigenvalue weighted by atomic mass is 35.5. The van der Waals surface area contributed by atoms with Crippen molar-refractivity contribution in [2.75, 3.05) is 7.11 Å². The SMILES string of the molecule is COC(=O)CC(=NC(=O)OCc1ccccc1)c1ccccc1Cl. The first-order chi connectivity index (χ1) is 11.6. The van der Waals surface area contributed by atoms with Crippen LogP contribution >= 0.6 is 11.6 Å². The zero-order chi connectivity index (χ0) is 17.4. The number of rotatable bonds is 5. The van der Waals surface area contributed by atoms with E-state index in [1.807, 2.05) is 30.3 Å². The van der Waals surface area contributed by atoms with E-state index in [1.54, 1.807) is 24.3 Å². The normalized spacial score (nSPS) is 11.0. The van der Waals surface area contributed by atoms with Crippen molar-refractivity contribution in [3.8, 4) is 0 Å². The number of esters is 1. The minimum Gasteiger partial charge on any atom is -0.469 e. The van der Waals surface area contributed by atoms with Gasteiger partial charge in [-0.25, -0.2) is 4.79 Å². The van der Waals surface area contributed by atoms with Crippen LogP contribution in [0.3, 0.4) is 0 Å². The van der Waals surface area contributed by atoms with Gasteiger partial charge in [-0.1, -0.05) is 60.1 Å². The second-order valence-corrected chi connectivity index (χ2v) is 5.24. The summed E-state index contributed by atoms with van der Waals surface area (Å²) >= 11 is 6.12. The Morgan fingerprint density at radius 2 is 1.71 bits per heavy atom. The molecular weight excluding hydrogens is 330 g/mol. The summed E-state index contributed by atoms with van der Waals surface area (Å²) in [6, 6.07) is 16.0. The van der Waals surface area contributed by atoms with Crippen LogP contribution in [0.15, 0.2) is 59.6 Å². The molecule has 0 spiro atoms. The molecule has 0 saturated heterocycles. The van der Waals surface area contributed by atoms with Crippen molar-refractivity contribution in [3.63, 3.8) is 0 Å². The van der Waals surface area contributed by atoms with Gasteiger partial charge < -0.3 is 9.47 Å². The molecule has 0 aliphatic heterocycles. The summed E-state index contributed by atoms with van der Waals surface area (Å²) in [5, 5.41) is 0.385. The summed E-state index contributed by atoms with van der Waals surface area (Å²) in [6.07, 6.45) is -0.974. The number of amides is 1. The fraction of sp³-hybridized carbons (Fsp3) is 0.167. The fourth-order valence-electron chi connectivity index (χ4n) is 1.96. The maximum atomic E-state index is 12.0. The zero-order valence-electron chi connectivity index (χ0n) is 13.1. The number of benzene rings is 2. The molecule has 2 rings (SSSR count). The number of carbonyl (C=O) groups excluding carboxylic acids is 2. The Morgan fingerprint density at radius 1 is 1.04 bits per heavy atom. The van der Waals surface area contributed by atoms with Crippen molar-refractivity contribution in [2.24, 2.45) is 4.99 Å². The van der Waals surface area contributed by atoms with Crippen LogP contribution in [0.5, 0.6) is 0 Å². The summed E-state index contributed by atoms with van der Waals surface area (Å²) in [6.45, 7) is 0.0944. The third-order valence-corrected chi connectivity index (χ3v) is 3.49. The highest BCUT2D eigenvalue weighted by Gasteiger charge is 2.15. The van der Waals surface area contributed by atoms with E-state index in [0.717, 1.165) is 5.56 Å². The Kier molecular flexibility index (Phi) is 6.51. The summed E-state index contributed by atoms with van der Waals surface area (Å²) in [5.74, 6) is -0.524. The molecule has 0 atom stereocenters. The van der Waals surface area contributed by atoms with E-state index in [1.165, 1.54) is 7.11 Å². The Morgan fingerprint density at radius 3 is 2.38 bits per heavy atom. The number of ether oxygens (including phenoxy) is 2. The van der Waals surface area contributed by atoms with E-state index in [0.29, 0.717) is 10.6 Å². The Balaban J connectivity index is 2.16. The van der Waals surface area contributed by atoms with Crippen molar-refractivity contribution in [3.05, 3.63) is 70.7 Å². The van der Waals surface area contributed by atoms with E-state index < -0.39 is 12.1 Å². The summed E-state index contributed by atoms with van der Waals surface area (Å²) in [4.78, 5) is 27.4. The molecule has 1 amide bonds. The van der Waals surface area contributed by atoms with Gasteiger partial charge in [0.05, 0.1) is 19.2 Å². The molecule has 0 fully saturated rings. The maximum Gasteiger partial charge on any atom is 0.434 e. The Bertz CT molecular complexity index is 744. The number of nitrogens with zero attached hydrogens (tertiary/aromatic N) is 1. The summed E-state index contributed by atoms with van der Waals surface area (Å²) in [7, 11) is 1.26.